The molecule has 1 aromatic carbocycles. The van der Waals surface area contributed by atoms with Gasteiger partial charge < -0.3 is 16.4 Å². The molecule has 6 nitrogen and oxygen atoms in total. The van der Waals surface area contributed by atoms with Crippen molar-refractivity contribution < 1.29 is 9.59 Å². The predicted molar refractivity (Wildman–Crippen MR) is 85.8 cm³/mol. The molecule has 1 heterocycles. The third-order valence-corrected chi connectivity index (χ3v) is 4.71. The van der Waals surface area contributed by atoms with E-state index in [9.17, 15) is 9.59 Å². The van der Waals surface area contributed by atoms with Gasteiger partial charge in [-0.3, -0.25) is 9.69 Å². The van der Waals surface area contributed by atoms with E-state index in [1.165, 1.54) is 0 Å². The molecule has 1 aliphatic heterocycles. The lowest BCUT2D eigenvalue weighted by Gasteiger charge is -2.26. The molecule has 4 N–H and O–H groups in total. The molecule has 0 aromatic heterocycles. The average Bonchev–Trinajstić information content (AvgIpc) is 3.17. The number of urea groups is 1. The normalized spacial score (nSPS) is 20.0. The molecule has 0 bridgehead atoms. The van der Waals surface area contributed by atoms with E-state index in [1.807, 2.05) is 24.3 Å². The molecule has 3 rings (SSSR count). The second kappa shape index (κ2) is 5.96. The van der Waals surface area contributed by atoms with Gasteiger partial charge in [0.1, 0.15) is 0 Å². The van der Waals surface area contributed by atoms with Crippen LogP contribution in [-0.4, -0.2) is 31.6 Å². The molecule has 1 aliphatic carbocycles. The Morgan fingerprint density at radius 3 is 2.77 bits per heavy atom. The number of anilines is 2. The molecule has 22 heavy (non-hydrogen) atoms. The van der Waals surface area contributed by atoms with Crippen LogP contribution in [0.2, 0.25) is 0 Å². The van der Waals surface area contributed by atoms with Crippen molar-refractivity contribution in [1.29, 1.82) is 0 Å². The van der Waals surface area contributed by atoms with Gasteiger partial charge in [-0.05, 0) is 31.0 Å². The van der Waals surface area contributed by atoms with E-state index < -0.39 is 5.41 Å². The van der Waals surface area contributed by atoms with Crippen LogP contribution in [0.3, 0.4) is 0 Å². The van der Waals surface area contributed by atoms with Crippen LogP contribution in [0.1, 0.15) is 25.7 Å². The van der Waals surface area contributed by atoms with Gasteiger partial charge in [0.2, 0.25) is 5.91 Å². The van der Waals surface area contributed by atoms with Crippen molar-refractivity contribution in [2.45, 2.75) is 25.7 Å². The third kappa shape index (κ3) is 2.66. The Hall–Kier alpha value is -2.08. The highest BCUT2D eigenvalue weighted by Crippen LogP contribution is 2.38. The summed E-state index contributed by atoms with van der Waals surface area (Å²) in [7, 11) is 0. The number of hydrogen-bond acceptors (Lipinski definition) is 3. The van der Waals surface area contributed by atoms with Crippen molar-refractivity contribution in [3.05, 3.63) is 24.3 Å². The highest BCUT2D eigenvalue weighted by atomic mass is 16.2. The summed E-state index contributed by atoms with van der Waals surface area (Å²) in [5, 5.41) is 5.75. The summed E-state index contributed by atoms with van der Waals surface area (Å²) in [4.78, 5) is 26.0. The highest BCUT2D eigenvalue weighted by molar-refractivity contribution is 5.98. The van der Waals surface area contributed by atoms with Gasteiger partial charge >= 0.3 is 6.03 Å². The second-order valence-corrected chi connectivity index (χ2v) is 6.08. The van der Waals surface area contributed by atoms with Crippen LogP contribution in [0.4, 0.5) is 16.2 Å². The molecule has 3 amide bonds. The maximum absolute atomic E-state index is 12.6. The van der Waals surface area contributed by atoms with Gasteiger partial charge in [-0.15, -0.1) is 0 Å². The summed E-state index contributed by atoms with van der Waals surface area (Å²) < 4.78 is 0. The zero-order chi connectivity index (χ0) is 15.6. The van der Waals surface area contributed by atoms with Crippen LogP contribution in [-0.2, 0) is 4.79 Å². The second-order valence-electron chi connectivity index (χ2n) is 6.08. The van der Waals surface area contributed by atoms with Crippen LogP contribution in [0.25, 0.3) is 0 Å². The molecule has 0 spiro atoms. The predicted octanol–water partition coefficient (Wildman–Crippen LogP) is 1.67. The van der Waals surface area contributed by atoms with Gasteiger partial charge in [0.05, 0.1) is 5.41 Å². The van der Waals surface area contributed by atoms with Gasteiger partial charge in [-0.25, -0.2) is 4.79 Å². The lowest BCUT2D eigenvalue weighted by molar-refractivity contribution is -0.124. The summed E-state index contributed by atoms with van der Waals surface area (Å²) in [6, 6.07) is 7.30. The number of carbonyl (C=O) groups excluding carboxylic acids is 2. The summed E-state index contributed by atoms with van der Waals surface area (Å²) in [5.74, 6) is -0.00414. The maximum Gasteiger partial charge on any atom is 0.321 e. The molecule has 118 valence electrons. The quantitative estimate of drug-likeness (QED) is 0.790. The molecule has 0 atom stereocenters. The third-order valence-electron chi connectivity index (χ3n) is 4.71. The Morgan fingerprint density at radius 2 is 2.14 bits per heavy atom. The first-order valence-electron chi connectivity index (χ1n) is 7.82. The molecule has 2 aliphatic rings. The molecule has 0 radical (unpaired) electrons. The van der Waals surface area contributed by atoms with E-state index in [1.54, 1.807) is 4.90 Å². The van der Waals surface area contributed by atoms with Crippen LogP contribution < -0.4 is 21.3 Å². The number of nitrogens with one attached hydrogen (secondary N) is 2. The molecule has 1 aromatic rings. The lowest BCUT2D eigenvalue weighted by Crippen LogP contribution is -2.40. The largest absolute Gasteiger partial charge is 0.336 e. The van der Waals surface area contributed by atoms with Crippen LogP contribution in [0.15, 0.2) is 24.3 Å². The first-order valence-corrected chi connectivity index (χ1v) is 7.82. The topological polar surface area (TPSA) is 87.5 Å². The minimum Gasteiger partial charge on any atom is -0.336 e. The van der Waals surface area contributed by atoms with Gasteiger partial charge in [0.15, 0.2) is 0 Å². The van der Waals surface area contributed by atoms with Crippen LogP contribution >= 0.6 is 0 Å². The standard InChI is InChI=1S/C16H22N4O2/c17-11-16(6-1-2-7-16)14(21)19-12-4-3-5-13(10-12)20-9-8-18-15(20)22/h3-5,10H,1-2,6-9,11,17H2,(H,18,22)(H,19,21). The van der Waals surface area contributed by atoms with Crippen molar-refractivity contribution in [2.75, 3.05) is 29.9 Å². The SMILES string of the molecule is NCC1(C(=O)Nc2cccc(N3CCNC3=O)c2)CCCC1. The van der Waals surface area contributed by atoms with Crippen molar-refractivity contribution >= 4 is 23.3 Å². The Labute approximate surface area is 130 Å². The number of carbonyl (C=O) groups is 2. The minimum absolute atomic E-state index is 0.00414. The summed E-state index contributed by atoms with van der Waals surface area (Å²) >= 11 is 0. The van der Waals surface area contributed by atoms with E-state index in [4.69, 9.17) is 5.73 Å². The number of nitrogens with two attached hydrogens (primary N) is 1. The first kappa shape index (κ1) is 14.8. The van der Waals surface area contributed by atoms with Gasteiger partial charge in [0.25, 0.3) is 0 Å². The molecule has 6 heteroatoms. The number of amides is 3. The molecular weight excluding hydrogens is 280 g/mol. The lowest BCUT2D eigenvalue weighted by atomic mass is 9.85. The zero-order valence-corrected chi connectivity index (χ0v) is 12.6. The summed E-state index contributed by atoms with van der Waals surface area (Å²) in [5.41, 5.74) is 6.92. The summed E-state index contributed by atoms with van der Waals surface area (Å²) in [6.45, 7) is 1.67. The van der Waals surface area contributed by atoms with E-state index in [0.29, 0.717) is 25.3 Å². The maximum atomic E-state index is 12.6. The highest BCUT2D eigenvalue weighted by Gasteiger charge is 2.39. The van der Waals surface area contributed by atoms with E-state index in [-0.39, 0.29) is 11.9 Å². The number of rotatable bonds is 4. The first-order chi connectivity index (χ1) is 10.6. The fraction of sp³-hybridized carbons (Fsp3) is 0.500. The number of hydrogen-bond donors (Lipinski definition) is 3. The average molecular weight is 302 g/mol. The molecule has 1 saturated carbocycles. The van der Waals surface area contributed by atoms with Gasteiger partial charge in [0, 0.05) is 31.0 Å². The number of nitrogens with zero attached hydrogens (tertiary/aromatic N) is 1. The molecule has 1 saturated heterocycles. The minimum atomic E-state index is -0.430. The van der Waals surface area contributed by atoms with Crippen molar-refractivity contribution in [1.82, 2.24) is 5.32 Å². The summed E-state index contributed by atoms with van der Waals surface area (Å²) in [6.07, 6.45) is 3.81. The van der Waals surface area contributed by atoms with Crippen molar-refractivity contribution in [3.63, 3.8) is 0 Å². The monoisotopic (exact) mass is 302 g/mol. The molecule has 2 fully saturated rings. The molecular formula is C16H22N4O2. The zero-order valence-electron chi connectivity index (χ0n) is 12.6. The Morgan fingerprint density at radius 1 is 1.36 bits per heavy atom. The van der Waals surface area contributed by atoms with Crippen LogP contribution in [0, 0.1) is 5.41 Å². The van der Waals surface area contributed by atoms with Crippen LogP contribution in [0.5, 0.6) is 0 Å². The number of benzene rings is 1. The van der Waals surface area contributed by atoms with E-state index >= 15 is 0 Å². The molecule has 0 unspecified atom stereocenters. The van der Waals surface area contributed by atoms with Crippen molar-refractivity contribution in [2.24, 2.45) is 11.1 Å². The van der Waals surface area contributed by atoms with Crippen molar-refractivity contribution in [3.8, 4) is 0 Å². The fourth-order valence-corrected chi connectivity index (χ4v) is 3.31. The Balaban J connectivity index is 1.75. The smallest absolute Gasteiger partial charge is 0.321 e. The van der Waals surface area contributed by atoms with Gasteiger partial charge in [-0.2, -0.15) is 0 Å². The van der Waals surface area contributed by atoms with Gasteiger partial charge in [-0.1, -0.05) is 18.9 Å². The van der Waals surface area contributed by atoms with E-state index in [2.05, 4.69) is 10.6 Å². The Kier molecular flexibility index (Phi) is 4.02. The fourth-order valence-electron chi connectivity index (χ4n) is 3.31. The van der Waals surface area contributed by atoms with E-state index in [0.717, 1.165) is 31.4 Å². The Bertz CT molecular complexity index is 581.